The molecule has 278 valence electrons. The first kappa shape index (κ1) is 14.1. The lowest BCUT2D eigenvalue weighted by Crippen LogP contribution is -2.28. The zero-order valence-electron chi connectivity index (χ0n) is 62.9. The molecule has 0 saturated carbocycles. The van der Waals surface area contributed by atoms with Gasteiger partial charge in [0.2, 0.25) is 0 Å². The number of allylic oxidation sites excluding steroid dienone is 2. The summed E-state index contributed by atoms with van der Waals surface area (Å²) in [5.41, 5.74) is -8.77. The van der Waals surface area contributed by atoms with Gasteiger partial charge >= 0.3 is 0 Å². The molecule has 2 unspecified atom stereocenters. The Morgan fingerprint density at radius 2 is 0.847 bits per heavy atom. The first-order valence-electron chi connectivity index (χ1n) is 34.4. The van der Waals surface area contributed by atoms with Crippen LogP contribution in [-0.2, 0) is 0 Å². The quantitative estimate of drug-likeness (QED) is 0.174. The summed E-state index contributed by atoms with van der Waals surface area (Å²) in [4.78, 5) is 0.933. The van der Waals surface area contributed by atoms with E-state index in [0.717, 1.165) is 9.47 Å². The molecule has 13 rings (SSSR count). The van der Waals surface area contributed by atoms with Gasteiger partial charge in [-0.3, -0.25) is 0 Å². The fraction of sp³-hybridized carbons (Fsp3) is 0.0545. The van der Waals surface area contributed by atoms with Gasteiger partial charge in [0.25, 0.3) is 0 Å². The van der Waals surface area contributed by atoms with E-state index in [-0.39, 0.29) is 11.1 Å². The van der Waals surface area contributed by atoms with Crippen molar-refractivity contribution in [1.29, 1.82) is 0 Å². The van der Waals surface area contributed by atoms with Crippen LogP contribution in [0, 0.1) is 6.92 Å². The van der Waals surface area contributed by atoms with E-state index in [1.807, 2.05) is 0 Å². The Morgan fingerprint density at radius 3 is 1.44 bits per heavy atom. The number of hydrogen-bond acceptors (Lipinski definition) is 1. The third-order valence-electron chi connectivity index (χ3n) is 10.5. The molecule has 1 aliphatic heterocycles. The lowest BCUT2D eigenvalue weighted by molar-refractivity contribution is 0.745. The van der Waals surface area contributed by atoms with Gasteiger partial charge < -0.3 is 18.6 Å². The maximum absolute atomic E-state index is 10.2. The summed E-state index contributed by atoms with van der Waals surface area (Å²) < 4.78 is 308. The monoisotopic (exact) mass is 788 g/mol. The van der Waals surface area contributed by atoms with Gasteiger partial charge in [-0.1, -0.05) is 126 Å². The van der Waals surface area contributed by atoms with Crippen molar-refractivity contribution in [3.8, 4) is 17.1 Å². The average molecular weight is 788 g/mol. The van der Waals surface area contributed by atoms with E-state index in [4.69, 9.17) is 21.9 Å². The molecule has 0 spiro atoms. The highest BCUT2D eigenvalue weighted by molar-refractivity contribution is 6.14. The molecular weight excluding hydrogens is 717 g/mol. The lowest BCUT2D eigenvalue weighted by Gasteiger charge is -2.29. The molecule has 8 aromatic carbocycles. The van der Waals surface area contributed by atoms with Crippen LogP contribution in [-0.4, -0.2) is 19.7 Å². The van der Waals surface area contributed by atoms with Crippen LogP contribution in [0.1, 0.15) is 62.3 Å². The second-order valence-corrected chi connectivity index (χ2v) is 13.6. The SMILES string of the molecule is [2H]C1=C([2H])C2c3c([2H])c(C)c([2H])c([2H])c3N(c3c([2H])c([2H])c4c(c3[2H])c3c([2H])c([2H])c([2H])c([2H])c3n4-c3c([2H])c([2H])c([2H])c([2H])c3-n3c4c([2H])c([2H])c([2H])c([2H])c4c4c([2H])c(-n5c6c([2H])c([2H])c([2H])c([2H])c6c6c([2H])c([2H])c([2H])c([2H])c65)c([2H])c([2H])c43)C2C([2H])=C1[2H]. The number of anilines is 2. The van der Waals surface area contributed by atoms with Crippen molar-refractivity contribution in [3.63, 3.8) is 0 Å². The van der Waals surface area contributed by atoms with Crippen LogP contribution < -0.4 is 4.90 Å². The van der Waals surface area contributed by atoms with E-state index in [9.17, 15) is 23.3 Å². The predicted octanol–water partition coefficient (Wildman–Crippen LogP) is 14.0. The molecule has 4 nitrogen and oxygen atoms in total. The van der Waals surface area contributed by atoms with Gasteiger partial charge in [0, 0.05) is 55.3 Å². The highest BCUT2D eigenvalue weighted by Crippen LogP contribution is 2.49. The van der Waals surface area contributed by atoms with E-state index in [1.165, 1.54) is 6.92 Å². The highest BCUT2D eigenvalue weighted by atomic mass is 15.2. The highest BCUT2D eigenvalue weighted by Gasteiger charge is 2.37. The zero-order valence-corrected chi connectivity index (χ0v) is 29.9. The van der Waals surface area contributed by atoms with Crippen molar-refractivity contribution in [2.75, 3.05) is 4.90 Å². The Balaban J connectivity index is 1.25. The van der Waals surface area contributed by atoms with Gasteiger partial charge in [-0.05, 0) is 91.0 Å². The molecule has 2 atom stereocenters. The van der Waals surface area contributed by atoms with Gasteiger partial charge in [0.1, 0.15) is 0 Å². The average Bonchev–Trinajstić information content (AvgIpc) is 1.53. The van der Waals surface area contributed by atoms with Crippen LogP contribution in [0.3, 0.4) is 0 Å². The largest absolute Gasteiger partial charge is 0.333 e. The number of aromatic nitrogens is 3. The molecule has 4 heterocycles. The van der Waals surface area contributed by atoms with Crippen molar-refractivity contribution in [2.45, 2.75) is 18.9 Å². The summed E-state index contributed by atoms with van der Waals surface area (Å²) in [7, 11) is 0. The molecule has 4 heteroatoms. The maximum atomic E-state index is 10.2. The predicted molar refractivity (Wildman–Crippen MR) is 248 cm³/mol. The Bertz CT molecular complexity index is 5460. The van der Waals surface area contributed by atoms with Crippen LogP contribution in [0.2, 0.25) is 0 Å². The summed E-state index contributed by atoms with van der Waals surface area (Å²) in [5.74, 6) is -1.54. The Hall–Kier alpha value is -7.56. The minimum Gasteiger partial charge on any atom is -0.333 e. The molecule has 1 aliphatic carbocycles. The summed E-state index contributed by atoms with van der Waals surface area (Å²) in [5, 5.41) is -3.85. The normalized spacial score (nSPS) is 24.6. The Kier molecular flexibility index (Phi) is 2.91. The minimum absolute atomic E-state index is 0.0771. The zero-order chi connectivity index (χ0) is 67.5. The number of benzene rings is 8. The summed E-state index contributed by atoms with van der Waals surface area (Å²) in [6, 6.07) is -32.2. The fourth-order valence-electron chi connectivity index (χ4n) is 8.10. The Labute approximate surface area is 387 Å². The molecule has 3 aromatic heterocycles. The van der Waals surface area contributed by atoms with Crippen molar-refractivity contribution in [2.24, 2.45) is 0 Å². The van der Waals surface area contributed by atoms with E-state index in [1.54, 1.807) is 0 Å². The number of hydrogen-bond donors (Lipinski definition) is 0. The van der Waals surface area contributed by atoms with Crippen molar-refractivity contribution in [1.82, 2.24) is 13.7 Å². The van der Waals surface area contributed by atoms with Gasteiger partial charge in [0.05, 0.1) is 95.8 Å². The summed E-state index contributed by atoms with van der Waals surface area (Å²) >= 11 is 0. The van der Waals surface area contributed by atoms with E-state index in [0.29, 0.717) is 9.13 Å². The van der Waals surface area contributed by atoms with Crippen LogP contribution in [0.4, 0.5) is 11.4 Å². The van der Waals surface area contributed by atoms with Crippen LogP contribution in [0.15, 0.2) is 199 Å². The van der Waals surface area contributed by atoms with Crippen molar-refractivity contribution in [3.05, 3.63) is 211 Å². The maximum Gasteiger partial charge on any atom is 0.0702 e. The summed E-state index contributed by atoms with van der Waals surface area (Å²) in [6.07, 6.45) is 0. The number of rotatable bonds is 4. The topological polar surface area (TPSA) is 18.0 Å². The van der Waals surface area contributed by atoms with Gasteiger partial charge in [-0.2, -0.15) is 0 Å². The van der Waals surface area contributed by atoms with Crippen molar-refractivity contribution >= 4 is 76.8 Å². The molecule has 59 heavy (non-hydrogen) atoms. The number of para-hydroxylation sites is 6. The van der Waals surface area contributed by atoms with E-state index in [2.05, 4.69) is 0 Å². The molecule has 11 aromatic rings. The van der Waals surface area contributed by atoms with Crippen LogP contribution in [0.5, 0.6) is 0 Å². The first-order chi connectivity index (χ1) is 43.0. The van der Waals surface area contributed by atoms with Crippen LogP contribution >= 0.6 is 0 Å². The minimum atomic E-state index is -1.74. The second-order valence-electron chi connectivity index (χ2n) is 13.6. The Morgan fingerprint density at radius 1 is 0.390 bits per heavy atom. The third kappa shape index (κ3) is 4.54. The van der Waals surface area contributed by atoms with E-state index < -0.39 is 305 Å². The van der Waals surface area contributed by atoms with Crippen LogP contribution in [0.25, 0.3) is 82.5 Å². The first-order valence-corrected chi connectivity index (χ1v) is 17.9. The second kappa shape index (κ2) is 12.2. The standard InChI is InChI=1S/C55H38N4/c1-35-26-29-51-43(32-35)40-16-4-9-21-48(40)57(51)37-28-31-53-45(34-37)42-18-6-11-23-50(42)59(53)55-25-13-12-24-54(55)58-49-22-10-5-17-41(49)44-33-36(27-30-52(44)58)56-46-19-7-2-14-38(46)39-15-3-8-20-47(39)56/h2-34,40,48H,1H3/i2D,3D,4D,5D,6D,7D,8D,9D,10D,11D,12D,13D,14D,15D,16D,17D,18D,19D,20D,21D,22D,23D,24D,25D,26D,27D,28D,29D,30D,31D,32D,33D,34D. The van der Waals surface area contributed by atoms with Gasteiger partial charge in [-0.15, -0.1) is 0 Å². The molecular formula is C55H38N4. The molecule has 0 fully saturated rings. The molecule has 0 radical (unpaired) electrons. The van der Waals surface area contributed by atoms with E-state index >= 15 is 0 Å². The molecule has 0 saturated heterocycles. The fourth-order valence-corrected chi connectivity index (χ4v) is 8.10. The van der Waals surface area contributed by atoms with Gasteiger partial charge in [0.15, 0.2) is 0 Å². The number of fused-ring (bicyclic) bond motifs is 12. The summed E-state index contributed by atoms with van der Waals surface area (Å²) in [6.45, 7) is 1.34. The molecule has 0 bridgehead atoms. The molecule has 0 amide bonds. The lowest BCUT2D eigenvalue weighted by atomic mass is 9.91. The molecule has 2 aliphatic rings. The molecule has 0 N–H and O–H groups in total. The van der Waals surface area contributed by atoms with Gasteiger partial charge in [-0.25, -0.2) is 0 Å². The third-order valence-corrected chi connectivity index (χ3v) is 10.5. The van der Waals surface area contributed by atoms with Crippen molar-refractivity contribution < 1.29 is 45.2 Å². The number of nitrogens with zero attached hydrogens (tertiary/aromatic N) is 4. The smallest absolute Gasteiger partial charge is 0.0702 e.